The fourth-order valence-electron chi connectivity index (χ4n) is 3.28. The number of likely N-dealkylation sites (tertiary alicyclic amines) is 1. The number of carbonyl (C=O) groups is 1. The largest absolute Gasteiger partial charge is 0.335 e. The second-order valence-electron chi connectivity index (χ2n) is 6.83. The Balaban J connectivity index is 1.73. The number of aromatic nitrogens is 3. The first-order chi connectivity index (χ1) is 11.6. The highest BCUT2D eigenvalue weighted by Gasteiger charge is 2.30. The van der Waals surface area contributed by atoms with Crippen LogP contribution in [0.2, 0.25) is 0 Å². The Labute approximate surface area is 147 Å². The third kappa shape index (κ3) is 3.69. The molecule has 1 amide bonds. The van der Waals surface area contributed by atoms with Crippen molar-refractivity contribution in [2.75, 3.05) is 6.54 Å². The lowest BCUT2D eigenvalue weighted by Crippen LogP contribution is -2.44. The molecule has 0 bridgehead atoms. The molecule has 2 aromatic rings. The second-order valence-corrected chi connectivity index (χ2v) is 7.86. The van der Waals surface area contributed by atoms with Crippen molar-refractivity contribution in [2.45, 2.75) is 65.0 Å². The lowest BCUT2D eigenvalue weighted by molar-refractivity contribution is 0.0598. The van der Waals surface area contributed by atoms with Crippen LogP contribution >= 0.6 is 11.3 Å². The Morgan fingerprint density at radius 3 is 2.92 bits per heavy atom. The molecule has 0 N–H and O–H groups in total. The number of nitrogens with zero attached hydrogens (tertiary/aromatic N) is 4. The Morgan fingerprint density at radius 1 is 1.42 bits per heavy atom. The van der Waals surface area contributed by atoms with Gasteiger partial charge in [-0.1, -0.05) is 13.8 Å². The molecule has 24 heavy (non-hydrogen) atoms. The van der Waals surface area contributed by atoms with Crippen LogP contribution in [-0.2, 0) is 6.54 Å². The van der Waals surface area contributed by atoms with Crippen molar-refractivity contribution in [3.8, 4) is 0 Å². The molecule has 2 aromatic heterocycles. The maximum atomic E-state index is 13.1. The molecule has 0 aromatic carbocycles. The molecule has 0 aliphatic carbocycles. The minimum atomic E-state index is 0.169. The first-order valence-electron chi connectivity index (χ1n) is 8.82. The van der Waals surface area contributed by atoms with Gasteiger partial charge < -0.3 is 4.90 Å². The van der Waals surface area contributed by atoms with E-state index in [2.05, 4.69) is 28.8 Å². The molecule has 0 saturated carbocycles. The van der Waals surface area contributed by atoms with Crippen LogP contribution in [0.3, 0.4) is 0 Å². The number of hydrogen-bond acceptors (Lipinski definition) is 4. The number of amides is 1. The average molecular weight is 346 g/mol. The topological polar surface area (TPSA) is 51.0 Å². The van der Waals surface area contributed by atoms with Gasteiger partial charge in [0.15, 0.2) is 0 Å². The van der Waals surface area contributed by atoms with E-state index in [0.29, 0.717) is 12.0 Å². The lowest BCUT2D eigenvalue weighted by atomic mass is 9.99. The highest BCUT2D eigenvalue weighted by atomic mass is 32.1. The van der Waals surface area contributed by atoms with E-state index in [1.54, 1.807) is 17.5 Å². The first-order valence-corrected chi connectivity index (χ1v) is 9.63. The van der Waals surface area contributed by atoms with E-state index < -0.39 is 0 Å². The summed E-state index contributed by atoms with van der Waals surface area (Å²) >= 11 is 1.57. The molecule has 3 rings (SSSR count). The third-order valence-electron chi connectivity index (χ3n) is 4.64. The Bertz CT molecular complexity index is 677. The van der Waals surface area contributed by atoms with Gasteiger partial charge in [-0.25, -0.2) is 4.98 Å². The summed E-state index contributed by atoms with van der Waals surface area (Å²) in [5, 5.41) is 5.33. The standard InChI is InChI=1S/C18H26N4OS/c1-13(2)17-20-14(3)16(24-17)18(23)22-11-5-4-7-15(22)8-12-21-10-6-9-19-21/h6,9-10,13,15H,4-5,7-8,11-12H2,1-3H3/t15-/m0/s1. The van der Waals surface area contributed by atoms with Gasteiger partial charge in [-0.3, -0.25) is 9.48 Å². The molecule has 1 atom stereocenters. The number of thiazole rings is 1. The summed E-state index contributed by atoms with van der Waals surface area (Å²) < 4.78 is 1.95. The van der Waals surface area contributed by atoms with E-state index in [4.69, 9.17) is 0 Å². The van der Waals surface area contributed by atoms with Crippen molar-refractivity contribution in [3.63, 3.8) is 0 Å². The number of piperidine rings is 1. The number of carbonyl (C=O) groups excluding carboxylic acids is 1. The predicted octanol–water partition coefficient (Wildman–Crippen LogP) is 3.86. The van der Waals surface area contributed by atoms with Crippen molar-refractivity contribution in [1.29, 1.82) is 0 Å². The zero-order valence-corrected chi connectivity index (χ0v) is 15.6. The smallest absolute Gasteiger partial charge is 0.266 e. The number of rotatable bonds is 5. The van der Waals surface area contributed by atoms with Gasteiger partial charge in [0.25, 0.3) is 5.91 Å². The quantitative estimate of drug-likeness (QED) is 0.826. The molecule has 1 saturated heterocycles. The molecule has 0 radical (unpaired) electrons. The van der Waals surface area contributed by atoms with Crippen molar-refractivity contribution in [3.05, 3.63) is 34.0 Å². The zero-order chi connectivity index (χ0) is 17.1. The molecular weight excluding hydrogens is 320 g/mol. The zero-order valence-electron chi connectivity index (χ0n) is 14.7. The van der Waals surface area contributed by atoms with E-state index in [1.807, 2.05) is 23.9 Å². The van der Waals surface area contributed by atoms with Gasteiger partial charge >= 0.3 is 0 Å². The summed E-state index contributed by atoms with van der Waals surface area (Å²) in [6.07, 6.45) is 8.13. The van der Waals surface area contributed by atoms with Crippen molar-refractivity contribution in [2.24, 2.45) is 0 Å². The van der Waals surface area contributed by atoms with Crippen LogP contribution in [0.4, 0.5) is 0 Å². The van der Waals surface area contributed by atoms with E-state index in [0.717, 1.165) is 47.9 Å². The van der Waals surface area contributed by atoms with Crippen molar-refractivity contribution >= 4 is 17.2 Å². The van der Waals surface area contributed by atoms with Gasteiger partial charge in [0.2, 0.25) is 0 Å². The molecule has 6 heteroatoms. The summed E-state index contributed by atoms with van der Waals surface area (Å²) in [6, 6.07) is 2.25. The highest BCUT2D eigenvalue weighted by Crippen LogP contribution is 2.29. The number of aryl methyl sites for hydroxylation is 2. The van der Waals surface area contributed by atoms with E-state index >= 15 is 0 Å². The van der Waals surface area contributed by atoms with Crippen molar-refractivity contribution in [1.82, 2.24) is 19.7 Å². The van der Waals surface area contributed by atoms with Crippen LogP contribution in [0.25, 0.3) is 0 Å². The van der Waals surface area contributed by atoms with Gasteiger partial charge in [-0.2, -0.15) is 5.10 Å². The van der Waals surface area contributed by atoms with Gasteiger partial charge in [0, 0.05) is 37.4 Å². The Kier molecular flexibility index (Phi) is 5.33. The van der Waals surface area contributed by atoms with Crippen LogP contribution < -0.4 is 0 Å². The third-order valence-corrected chi connectivity index (χ3v) is 6.09. The second kappa shape index (κ2) is 7.47. The van der Waals surface area contributed by atoms with E-state index in [9.17, 15) is 4.79 Å². The first kappa shape index (κ1) is 17.1. The van der Waals surface area contributed by atoms with Crippen LogP contribution in [0, 0.1) is 6.92 Å². The summed E-state index contributed by atoms with van der Waals surface area (Å²) in [6.45, 7) is 7.93. The summed E-state index contributed by atoms with van der Waals surface area (Å²) in [5.74, 6) is 0.536. The minimum Gasteiger partial charge on any atom is -0.335 e. The summed E-state index contributed by atoms with van der Waals surface area (Å²) in [4.78, 5) is 20.6. The predicted molar refractivity (Wildman–Crippen MR) is 96.5 cm³/mol. The van der Waals surface area contributed by atoms with Gasteiger partial charge in [-0.15, -0.1) is 11.3 Å². The average Bonchev–Trinajstić information content (AvgIpc) is 3.22. The molecule has 3 heterocycles. The summed E-state index contributed by atoms with van der Waals surface area (Å²) in [7, 11) is 0. The highest BCUT2D eigenvalue weighted by molar-refractivity contribution is 7.13. The Morgan fingerprint density at radius 2 is 2.25 bits per heavy atom. The molecule has 1 aliphatic rings. The Hall–Kier alpha value is -1.69. The van der Waals surface area contributed by atoms with Crippen molar-refractivity contribution < 1.29 is 4.79 Å². The molecule has 1 aliphatic heterocycles. The van der Waals surface area contributed by atoms with Gasteiger partial charge in [-0.05, 0) is 38.7 Å². The fourth-order valence-corrected chi connectivity index (χ4v) is 4.30. The van der Waals surface area contributed by atoms with Gasteiger partial charge in [0.1, 0.15) is 4.88 Å². The molecule has 0 spiro atoms. The SMILES string of the molecule is Cc1nc(C(C)C)sc1C(=O)N1CCCC[C@H]1CCn1cccn1. The van der Waals surface area contributed by atoms with E-state index in [-0.39, 0.29) is 5.91 Å². The molecular formula is C18H26N4OS. The molecule has 130 valence electrons. The maximum absolute atomic E-state index is 13.1. The van der Waals surface area contributed by atoms with Crippen LogP contribution in [0.5, 0.6) is 0 Å². The fraction of sp³-hybridized carbons (Fsp3) is 0.611. The molecule has 1 fully saturated rings. The number of hydrogen-bond donors (Lipinski definition) is 0. The van der Waals surface area contributed by atoms with Crippen LogP contribution in [-0.4, -0.2) is 38.2 Å². The van der Waals surface area contributed by atoms with Gasteiger partial charge in [0.05, 0.1) is 10.7 Å². The van der Waals surface area contributed by atoms with Crippen LogP contribution in [0.15, 0.2) is 18.5 Å². The lowest BCUT2D eigenvalue weighted by Gasteiger charge is -2.35. The summed E-state index contributed by atoms with van der Waals surface area (Å²) in [5.41, 5.74) is 0.880. The normalized spacial score (nSPS) is 18.3. The minimum absolute atomic E-state index is 0.169. The maximum Gasteiger partial charge on any atom is 0.266 e. The monoisotopic (exact) mass is 346 g/mol. The molecule has 5 nitrogen and oxygen atoms in total. The van der Waals surface area contributed by atoms with Crippen LogP contribution in [0.1, 0.15) is 65.8 Å². The molecule has 0 unspecified atom stereocenters. The van der Waals surface area contributed by atoms with E-state index in [1.165, 1.54) is 6.42 Å².